The lowest BCUT2D eigenvalue weighted by molar-refractivity contribution is -0.0496. The van der Waals surface area contributed by atoms with Crippen molar-refractivity contribution in [3.05, 3.63) is 35.4 Å². The van der Waals surface area contributed by atoms with Gasteiger partial charge in [-0.3, -0.25) is 4.99 Å². The normalized spacial score (nSPS) is 20.1. The first-order valence-electron chi connectivity index (χ1n) is 9.31. The van der Waals surface area contributed by atoms with Crippen LogP contribution < -0.4 is 5.32 Å². The molecule has 1 fully saturated rings. The summed E-state index contributed by atoms with van der Waals surface area (Å²) >= 11 is 0. The van der Waals surface area contributed by atoms with Gasteiger partial charge in [-0.2, -0.15) is 17.5 Å². The fraction of sp³-hybridized carbons (Fsp3) is 0.611. The van der Waals surface area contributed by atoms with Crippen LogP contribution in [0.5, 0.6) is 0 Å². The molecule has 0 amide bonds. The van der Waals surface area contributed by atoms with Gasteiger partial charge in [-0.25, -0.2) is 8.42 Å². The average Bonchev–Trinajstić information content (AvgIpc) is 2.68. The molecule has 1 aromatic carbocycles. The number of nitrogens with zero attached hydrogens (tertiary/aromatic N) is 3. The van der Waals surface area contributed by atoms with Gasteiger partial charge in [0.15, 0.2) is 5.96 Å². The molecule has 1 saturated heterocycles. The molecule has 2 heterocycles. The molecule has 28 heavy (non-hydrogen) atoms. The number of benzene rings is 1. The molecule has 1 N–H and O–H groups in total. The number of sulfonamides is 1. The number of piperidine rings is 1. The number of halogens is 3. The van der Waals surface area contributed by atoms with Crippen LogP contribution in [0.3, 0.4) is 0 Å². The summed E-state index contributed by atoms with van der Waals surface area (Å²) in [5.74, 6) is 0.869. The van der Waals surface area contributed by atoms with Gasteiger partial charge in [-0.15, -0.1) is 0 Å². The zero-order valence-corrected chi connectivity index (χ0v) is 16.6. The second-order valence-corrected chi connectivity index (χ2v) is 9.09. The van der Waals surface area contributed by atoms with E-state index >= 15 is 0 Å². The smallest absolute Gasteiger partial charge is 0.356 e. The molecule has 0 aliphatic carbocycles. The van der Waals surface area contributed by atoms with Gasteiger partial charge < -0.3 is 10.2 Å². The lowest BCUT2D eigenvalue weighted by atomic mass is 9.98. The highest BCUT2D eigenvalue weighted by Crippen LogP contribution is 2.30. The van der Waals surface area contributed by atoms with Gasteiger partial charge in [-0.05, 0) is 36.3 Å². The molecule has 3 rings (SSSR count). The van der Waals surface area contributed by atoms with E-state index in [4.69, 9.17) is 0 Å². The van der Waals surface area contributed by atoms with E-state index in [1.54, 1.807) is 7.05 Å². The lowest BCUT2D eigenvalue weighted by Crippen LogP contribution is -2.48. The molecule has 0 aromatic heterocycles. The Hall–Kier alpha value is -1.81. The van der Waals surface area contributed by atoms with Crippen LogP contribution in [-0.2, 0) is 23.0 Å². The highest BCUT2D eigenvalue weighted by atomic mass is 32.2. The van der Waals surface area contributed by atoms with Crippen molar-refractivity contribution >= 4 is 16.0 Å². The van der Waals surface area contributed by atoms with Crippen molar-refractivity contribution in [3.8, 4) is 0 Å². The molecule has 2 aliphatic rings. The number of nitrogens with one attached hydrogen (secondary N) is 1. The molecule has 0 bridgehead atoms. The van der Waals surface area contributed by atoms with Crippen LogP contribution in [0.25, 0.3) is 0 Å². The Labute approximate surface area is 163 Å². The molecule has 0 radical (unpaired) electrons. The van der Waals surface area contributed by atoms with Gasteiger partial charge in [0.25, 0.3) is 0 Å². The number of rotatable bonds is 3. The summed E-state index contributed by atoms with van der Waals surface area (Å²) in [7, 11) is -3.51. The third-order valence-electron chi connectivity index (χ3n) is 5.40. The number of aliphatic imine (C=N–C) groups is 1. The predicted molar refractivity (Wildman–Crippen MR) is 101 cm³/mol. The Kier molecular flexibility index (Phi) is 6.18. The van der Waals surface area contributed by atoms with Crippen LogP contribution in [0.1, 0.15) is 24.0 Å². The Morgan fingerprint density at radius 2 is 1.82 bits per heavy atom. The summed E-state index contributed by atoms with van der Waals surface area (Å²) in [4.78, 5) is 6.49. The lowest BCUT2D eigenvalue weighted by Gasteiger charge is -2.34. The summed E-state index contributed by atoms with van der Waals surface area (Å²) < 4.78 is 61.5. The molecular formula is C18H25F3N4O2S. The summed E-state index contributed by atoms with van der Waals surface area (Å²) in [6, 6.07) is 8.28. The fourth-order valence-electron chi connectivity index (χ4n) is 3.74. The summed E-state index contributed by atoms with van der Waals surface area (Å²) in [6.07, 6.45) is 1.72. The maximum Gasteiger partial charge on any atom is 0.511 e. The van der Waals surface area contributed by atoms with Crippen LogP contribution in [0, 0.1) is 5.92 Å². The van der Waals surface area contributed by atoms with Gasteiger partial charge in [0, 0.05) is 39.8 Å². The van der Waals surface area contributed by atoms with Crippen LogP contribution in [0.15, 0.2) is 29.3 Å². The highest BCUT2D eigenvalue weighted by molar-refractivity contribution is 7.90. The molecule has 1 aromatic rings. The van der Waals surface area contributed by atoms with E-state index in [1.807, 2.05) is 12.1 Å². The van der Waals surface area contributed by atoms with E-state index in [0.29, 0.717) is 23.7 Å². The SMILES string of the molecule is CN=C(NCC1CCN(S(=O)(=O)C(F)(F)F)CC1)N1CCc2ccccc2C1. The first-order valence-corrected chi connectivity index (χ1v) is 10.7. The molecule has 0 saturated carbocycles. The standard InChI is InChI=1S/C18H25F3N4O2S/c1-22-17(24-9-8-15-4-2-3-5-16(15)13-24)23-12-14-6-10-25(11-7-14)28(26,27)18(19,20)21/h2-5,14H,6-13H2,1H3,(H,22,23). The van der Waals surface area contributed by atoms with Crippen molar-refractivity contribution < 1.29 is 21.6 Å². The number of hydrogen-bond acceptors (Lipinski definition) is 3. The molecule has 0 spiro atoms. The van der Waals surface area contributed by atoms with Gasteiger partial charge >= 0.3 is 15.5 Å². The Balaban J connectivity index is 1.51. The highest BCUT2D eigenvalue weighted by Gasteiger charge is 2.50. The van der Waals surface area contributed by atoms with E-state index in [2.05, 4.69) is 27.3 Å². The summed E-state index contributed by atoms with van der Waals surface area (Å²) in [6.45, 7) is 1.95. The van der Waals surface area contributed by atoms with Crippen LogP contribution in [0.2, 0.25) is 0 Å². The van der Waals surface area contributed by atoms with Crippen molar-refractivity contribution in [1.82, 2.24) is 14.5 Å². The predicted octanol–water partition coefficient (Wildman–Crippen LogP) is 2.18. The van der Waals surface area contributed by atoms with Gasteiger partial charge in [0.2, 0.25) is 0 Å². The van der Waals surface area contributed by atoms with E-state index in [0.717, 1.165) is 25.5 Å². The van der Waals surface area contributed by atoms with Crippen molar-refractivity contribution in [2.45, 2.75) is 31.3 Å². The number of fused-ring (bicyclic) bond motifs is 1. The summed E-state index contributed by atoms with van der Waals surface area (Å²) in [5.41, 5.74) is -2.63. The van der Waals surface area contributed by atoms with E-state index < -0.39 is 15.5 Å². The van der Waals surface area contributed by atoms with Crippen LogP contribution >= 0.6 is 0 Å². The minimum atomic E-state index is -5.23. The quantitative estimate of drug-likeness (QED) is 0.604. The average molecular weight is 418 g/mol. The fourth-order valence-corrected chi connectivity index (χ4v) is 4.73. The van der Waals surface area contributed by atoms with Gasteiger partial charge in [0.05, 0.1) is 0 Å². The Morgan fingerprint density at radius 1 is 1.18 bits per heavy atom. The Morgan fingerprint density at radius 3 is 2.43 bits per heavy atom. The maximum absolute atomic E-state index is 12.7. The van der Waals surface area contributed by atoms with Crippen molar-refractivity contribution in [2.75, 3.05) is 33.2 Å². The molecule has 0 unspecified atom stereocenters. The van der Waals surface area contributed by atoms with Crippen LogP contribution in [-0.4, -0.2) is 62.3 Å². The van der Waals surface area contributed by atoms with Crippen LogP contribution in [0.4, 0.5) is 13.2 Å². The van der Waals surface area contributed by atoms with Gasteiger partial charge in [-0.1, -0.05) is 24.3 Å². The largest absolute Gasteiger partial charge is 0.511 e. The van der Waals surface area contributed by atoms with Crippen molar-refractivity contribution in [2.24, 2.45) is 10.9 Å². The minimum absolute atomic E-state index is 0.105. The number of alkyl halides is 3. The van der Waals surface area contributed by atoms with Crippen molar-refractivity contribution in [3.63, 3.8) is 0 Å². The third-order valence-corrected chi connectivity index (χ3v) is 7.03. The molecule has 10 heteroatoms. The van der Waals surface area contributed by atoms with E-state index in [9.17, 15) is 21.6 Å². The Bertz CT molecular complexity index is 818. The molecular weight excluding hydrogens is 393 g/mol. The zero-order valence-electron chi connectivity index (χ0n) is 15.7. The van der Waals surface area contributed by atoms with E-state index in [1.165, 1.54) is 11.1 Å². The summed E-state index contributed by atoms with van der Waals surface area (Å²) in [5, 5.41) is 3.31. The first kappa shape index (κ1) is 20.9. The molecule has 156 valence electrons. The maximum atomic E-state index is 12.7. The molecule has 0 atom stereocenters. The minimum Gasteiger partial charge on any atom is -0.356 e. The third kappa shape index (κ3) is 4.43. The topological polar surface area (TPSA) is 65.0 Å². The second kappa shape index (κ2) is 8.28. The number of guanidine groups is 1. The van der Waals surface area contributed by atoms with Gasteiger partial charge in [0.1, 0.15) is 0 Å². The van der Waals surface area contributed by atoms with Crippen molar-refractivity contribution in [1.29, 1.82) is 0 Å². The second-order valence-electron chi connectivity index (χ2n) is 7.16. The number of hydrogen-bond donors (Lipinski definition) is 1. The monoisotopic (exact) mass is 418 g/mol. The zero-order chi connectivity index (χ0) is 20.4. The molecule has 6 nitrogen and oxygen atoms in total. The molecule has 2 aliphatic heterocycles. The van der Waals surface area contributed by atoms with E-state index in [-0.39, 0.29) is 19.0 Å². The first-order chi connectivity index (χ1) is 13.2.